The lowest BCUT2D eigenvalue weighted by molar-refractivity contribution is -0.139. The van der Waals surface area contributed by atoms with Gasteiger partial charge in [-0.2, -0.15) is 0 Å². The van der Waals surface area contributed by atoms with E-state index < -0.39 is 34.4 Å². The van der Waals surface area contributed by atoms with Crippen LogP contribution in [0.5, 0.6) is 0 Å². The molecule has 3 rings (SSSR count). The summed E-state index contributed by atoms with van der Waals surface area (Å²) in [6, 6.07) is 16.4. The van der Waals surface area contributed by atoms with Crippen molar-refractivity contribution in [2.24, 2.45) is 0 Å². The van der Waals surface area contributed by atoms with Crippen LogP contribution in [0, 0.1) is 6.92 Å². The third kappa shape index (κ3) is 7.25. The van der Waals surface area contributed by atoms with Gasteiger partial charge in [0, 0.05) is 33.2 Å². The highest BCUT2D eigenvalue weighted by Gasteiger charge is 2.34. The van der Waals surface area contributed by atoms with Gasteiger partial charge in [-0.15, -0.1) is 0 Å². The summed E-state index contributed by atoms with van der Waals surface area (Å²) in [6.45, 7) is 6.14. The lowest BCUT2D eigenvalue weighted by Gasteiger charge is -2.33. The van der Waals surface area contributed by atoms with Crippen molar-refractivity contribution < 1.29 is 18.0 Å². The molecule has 0 saturated carbocycles. The van der Waals surface area contributed by atoms with Gasteiger partial charge in [0.2, 0.25) is 11.8 Å². The van der Waals surface area contributed by atoms with Crippen LogP contribution in [0.15, 0.2) is 71.6 Å². The van der Waals surface area contributed by atoms with Crippen LogP contribution in [-0.2, 0) is 26.2 Å². The van der Waals surface area contributed by atoms with Crippen LogP contribution in [0.4, 0.5) is 5.69 Å². The first-order valence-electron chi connectivity index (χ1n) is 12.2. The molecule has 0 fully saturated rings. The highest BCUT2D eigenvalue weighted by atomic mass is 35.5. The Labute approximate surface area is 244 Å². The second-order valence-electron chi connectivity index (χ2n) is 9.27. The molecule has 0 radical (unpaired) electrons. The highest BCUT2D eigenvalue weighted by molar-refractivity contribution is 7.92. The number of nitrogens with zero attached hydrogens (tertiary/aromatic N) is 2. The van der Waals surface area contributed by atoms with Crippen molar-refractivity contribution in [1.29, 1.82) is 0 Å². The quantitative estimate of drug-likeness (QED) is 0.301. The van der Waals surface area contributed by atoms with E-state index in [-0.39, 0.29) is 23.2 Å². The van der Waals surface area contributed by atoms with E-state index in [0.29, 0.717) is 26.2 Å². The fourth-order valence-electron chi connectivity index (χ4n) is 3.94. The lowest BCUT2D eigenvalue weighted by atomic mass is 10.1. The minimum absolute atomic E-state index is 0.00322. The molecule has 1 atom stereocenters. The molecule has 0 aromatic heterocycles. The molecular weight excluding hydrogens is 581 g/mol. The Bertz CT molecular complexity index is 1430. The third-order valence-corrected chi connectivity index (χ3v) is 9.00. The lowest BCUT2D eigenvalue weighted by Crippen LogP contribution is -2.52. The van der Waals surface area contributed by atoms with Crippen molar-refractivity contribution >= 4 is 62.3 Å². The van der Waals surface area contributed by atoms with Gasteiger partial charge in [-0.3, -0.25) is 13.9 Å². The van der Waals surface area contributed by atoms with Gasteiger partial charge in [-0.1, -0.05) is 65.1 Å². The fourth-order valence-corrected chi connectivity index (χ4v) is 6.12. The first-order valence-corrected chi connectivity index (χ1v) is 14.8. The molecule has 1 N–H and O–H groups in total. The second kappa shape index (κ2) is 13.0. The number of carbonyl (C=O) groups excluding carboxylic acids is 2. The number of hydrogen-bond donors (Lipinski definition) is 1. The molecule has 0 heterocycles. The van der Waals surface area contributed by atoms with Gasteiger partial charge < -0.3 is 10.2 Å². The van der Waals surface area contributed by atoms with Gasteiger partial charge in [-0.05, 0) is 69.7 Å². The molecule has 2 amide bonds. The van der Waals surface area contributed by atoms with Gasteiger partial charge in [0.1, 0.15) is 12.6 Å². The predicted molar refractivity (Wildman–Crippen MR) is 157 cm³/mol. The number of amides is 2. The number of halogens is 3. The van der Waals surface area contributed by atoms with Crippen molar-refractivity contribution in [3.05, 3.63) is 92.9 Å². The zero-order valence-electron chi connectivity index (χ0n) is 22.0. The molecule has 3 aromatic rings. The average Bonchev–Trinajstić information content (AvgIpc) is 2.88. The predicted octanol–water partition coefficient (Wildman–Crippen LogP) is 6.09. The molecule has 0 aliphatic rings. The van der Waals surface area contributed by atoms with E-state index in [1.165, 1.54) is 17.0 Å². The summed E-state index contributed by atoms with van der Waals surface area (Å²) in [5.74, 6) is -1.03. The van der Waals surface area contributed by atoms with Crippen LogP contribution < -0.4 is 9.62 Å². The zero-order chi connectivity index (χ0) is 28.9. The Morgan fingerprint density at radius 1 is 0.846 bits per heavy atom. The van der Waals surface area contributed by atoms with E-state index in [4.69, 9.17) is 34.8 Å². The molecular formula is C28H30Cl3N3O4S. The second-order valence-corrected chi connectivity index (χ2v) is 12.4. The number of benzene rings is 3. The molecule has 7 nitrogen and oxygen atoms in total. The van der Waals surface area contributed by atoms with Crippen LogP contribution >= 0.6 is 34.8 Å². The summed E-state index contributed by atoms with van der Waals surface area (Å²) in [6.07, 6.45) is 0. The summed E-state index contributed by atoms with van der Waals surface area (Å²) in [4.78, 5) is 28.3. The van der Waals surface area contributed by atoms with Gasteiger partial charge in [0.15, 0.2) is 0 Å². The molecule has 3 aromatic carbocycles. The largest absolute Gasteiger partial charge is 0.352 e. The Morgan fingerprint density at radius 2 is 1.41 bits per heavy atom. The van der Waals surface area contributed by atoms with Gasteiger partial charge in [-0.25, -0.2) is 8.42 Å². The van der Waals surface area contributed by atoms with E-state index in [9.17, 15) is 18.0 Å². The van der Waals surface area contributed by atoms with Crippen LogP contribution in [0.3, 0.4) is 0 Å². The first-order chi connectivity index (χ1) is 18.3. The number of hydrogen-bond acceptors (Lipinski definition) is 4. The Morgan fingerprint density at radius 3 is 2.00 bits per heavy atom. The number of nitrogens with one attached hydrogen (secondary N) is 1. The molecule has 39 heavy (non-hydrogen) atoms. The molecule has 0 unspecified atom stereocenters. The monoisotopic (exact) mass is 609 g/mol. The van der Waals surface area contributed by atoms with E-state index in [1.54, 1.807) is 82.3 Å². The fraction of sp³-hybridized carbons (Fsp3) is 0.286. The first kappa shape index (κ1) is 30.8. The summed E-state index contributed by atoms with van der Waals surface area (Å²) < 4.78 is 28.7. The van der Waals surface area contributed by atoms with Crippen LogP contribution in [-0.4, -0.2) is 43.8 Å². The average molecular weight is 611 g/mol. The van der Waals surface area contributed by atoms with Crippen molar-refractivity contribution in [1.82, 2.24) is 10.2 Å². The Hall–Kier alpha value is -2.78. The zero-order valence-corrected chi connectivity index (χ0v) is 25.1. The maximum Gasteiger partial charge on any atom is 0.264 e. The molecule has 0 aliphatic carbocycles. The normalized spacial score (nSPS) is 12.2. The van der Waals surface area contributed by atoms with Crippen molar-refractivity contribution in [3.63, 3.8) is 0 Å². The van der Waals surface area contributed by atoms with Crippen LogP contribution in [0.2, 0.25) is 15.1 Å². The summed E-state index contributed by atoms with van der Waals surface area (Å²) in [7, 11) is -4.20. The van der Waals surface area contributed by atoms with Crippen molar-refractivity contribution in [2.75, 3.05) is 10.8 Å². The van der Waals surface area contributed by atoms with E-state index in [2.05, 4.69) is 5.32 Å². The minimum Gasteiger partial charge on any atom is -0.352 e. The van der Waals surface area contributed by atoms with E-state index in [0.717, 1.165) is 4.31 Å². The number of sulfonamides is 1. The molecule has 11 heteroatoms. The summed E-state index contributed by atoms with van der Waals surface area (Å²) in [5, 5.41) is 3.78. The Balaban J connectivity index is 2.10. The maximum absolute atomic E-state index is 14.0. The van der Waals surface area contributed by atoms with Crippen LogP contribution in [0.25, 0.3) is 0 Å². The van der Waals surface area contributed by atoms with Gasteiger partial charge >= 0.3 is 0 Å². The van der Waals surface area contributed by atoms with Crippen LogP contribution in [0.1, 0.15) is 31.9 Å². The molecule has 208 valence electrons. The van der Waals surface area contributed by atoms with Gasteiger partial charge in [0.25, 0.3) is 10.0 Å². The third-order valence-electron chi connectivity index (χ3n) is 6.11. The standard InChI is InChI=1S/C28H30Cl3N3O4S/c1-18(2)32-28(36)20(4)33(16-22-24(30)13-8-14-25(22)31)27(35)17-34(26-15-9-12-23(29)19(26)3)39(37,38)21-10-6-5-7-11-21/h5-15,18,20H,16-17H2,1-4H3,(H,32,36)/t20-/m0/s1. The number of anilines is 1. The summed E-state index contributed by atoms with van der Waals surface area (Å²) in [5.41, 5.74) is 1.17. The van der Waals surface area contributed by atoms with Gasteiger partial charge in [0.05, 0.1) is 10.6 Å². The number of carbonyl (C=O) groups is 2. The topological polar surface area (TPSA) is 86.8 Å². The minimum atomic E-state index is -4.20. The Kier molecular flexibility index (Phi) is 10.3. The molecule has 0 bridgehead atoms. The van der Waals surface area contributed by atoms with E-state index >= 15 is 0 Å². The highest BCUT2D eigenvalue weighted by Crippen LogP contribution is 2.32. The molecule has 0 spiro atoms. The number of rotatable bonds is 10. The summed E-state index contributed by atoms with van der Waals surface area (Å²) >= 11 is 19.1. The van der Waals surface area contributed by atoms with Crippen molar-refractivity contribution in [2.45, 2.75) is 51.2 Å². The SMILES string of the molecule is Cc1c(Cl)cccc1N(CC(=O)N(Cc1c(Cl)cccc1Cl)[C@@H](C)C(=O)NC(C)C)S(=O)(=O)c1ccccc1. The smallest absolute Gasteiger partial charge is 0.264 e. The maximum atomic E-state index is 14.0. The molecule has 0 aliphatic heterocycles. The van der Waals surface area contributed by atoms with E-state index in [1.807, 2.05) is 0 Å². The van der Waals surface area contributed by atoms with Crippen molar-refractivity contribution in [3.8, 4) is 0 Å². The molecule has 0 saturated heterocycles.